The first kappa shape index (κ1) is 19.2. The summed E-state index contributed by atoms with van der Waals surface area (Å²) in [4.78, 5) is 26.2. The number of amides is 2. The number of hydrogen-bond donors (Lipinski definition) is 1. The molecule has 3 aromatic carbocycles. The summed E-state index contributed by atoms with van der Waals surface area (Å²) in [6, 6.07) is 24.0. The van der Waals surface area contributed by atoms with Gasteiger partial charge in [-0.2, -0.15) is 0 Å². The van der Waals surface area contributed by atoms with Crippen LogP contribution in [0.5, 0.6) is 11.5 Å². The van der Waals surface area contributed by atoms with Crippen molar-refractivity contribution < 1.29 is 14.3 Å². The van der Waals surface area contributed by atoms with Gasteiger partial charge in [0, 0.05) is 12.6 Å². The molecule has 0 aromatic heterocycles. The maximum Gasteiger partial charge on any atom is 0.244 e. The number of aryl methyl sites for hydroxylation is 1. The number of rotatable bonds is 6. The fraction of sp³-hybridized carbons (Fsp3) is 0.130. The highest BCUT2D eigenvalue weighted by molar-refractivity contribution is 6.02. The van der Waals surface area contributed by atoms with Crippen molar-refractivity contribution >= 4 is 23.2 Å². The fourth-order valence-electron chi connectivity index (χ4n) is 2.84. The van der Waals surface area contributed by atoms with Crippen LogP contribution in [0.1, 0.15) is 12.5 Å². The Hall–Kier alpha value is -3.60. The molecular weight excluding hydrogens is 352 g/mol. The Balaban J connectivity index is 1.76. The Morgan fingerprint density at radius 3 is 2.25 bits per heavy atom. The van der Waals surface area contributed by atoms with Gasteiger partial charge in [-0.3, -0.25) is 9.59 Å². The number of anilines is 2. The lowest BCUT2D eigenvalue weighted by molar-refractivity contribution is -0.120. The zero-order valence-corrected chi connectivity index (χ0v) is 15.9. The van der Waals surface area contributed by atoms with Gasteiger partial charge in [0.1, 0.15) is 12.3 Å². The molecule has 0 aliphatic rings. The molecule has 142 valence electrons. The van der Waals surface area contributed by atoms with Crippen LogP contribution in [0.15, 0.2) is 78.9 Å². The first-order valence-electron chi connectivity index (χ1n) is 9.00. The van der Waals surface area contributed by atoms with Crippen molar-refractivity contribution in [3.63, 3.8) is 0 Å². The van der Waals surface area contributed by atoms with Crippen LogP contribution in [0, 0.1) is 6.92 Å². The normalized spacial score (nSPS) is 10.2. The molecule has 0 aliphatic heterocycles. The molecule has 5 nitrogen and oxygen atoms in total. The van der Waals surface area contributed by atoms with E-state index in [4.69, 9.17) is 4.74 Å². The second-order valence-corrected chi connectivity index (χ2v) is 6.35. The van der Waals surface area contributed by atoms with Crippen molar-refractivity contribution in [2.75, 3.05) is 16.8 Å². The number of hydrogen-bond acceptors (Lipinski definition) is 3. The second kappa shape index (κ2) is 8.86. The lowest BCUT2D eigenvalue weighted by atomic mass is 10.2. The van der Waals surface area contributed by atoms with E-state index in [0.717, 1.165) is 11.3 Å². The molecular formula is C23H22N2O3. The van der Waals surface area contributed by atoms with E-state index in [1.54, 1.807) is 12.1 Å². The van der Waals surface area contributed by atoms with Crippen LogP contribution in [0.3, 0.4) is 0 Å². The fourth-order valence-corrected chi connectivity index (χ4v) is 2.84. The monoisotopic (exact) mass is 374 g/mol. The topological polar surface area (TPSA) is 58.6 Å². The van der Waals surface area contributed by atoms with E-state index in [2.05, 4.69) is 5.32 Å². The van der Waals surface area contributed by atoms with E-state index in [9.17, 15) is 9.59 Å². The number of carbonyl (C=O) groups excluding carboxylic acids is 2. The molecule has 0 spiro atoms. The van der Waals surface area contributed by atoms with Gasteiger partial charge in [0.25, 0.3) is 0 Å². The number of nitrogens with zero attached hydrogens (tertiary/aromatic N) is 1. The lowest BCUT2D eigenvalue weighted by Gasteiger charge is -2.22. The lowest BCUT2D eigenvalue weighted by Crippen LogP contribution is -2.37. The van der Waals surface area contributed by atoms with Gasteiger partial charge in [-0.15, -0.1) is 0 Å². The molecule has 3 rings (SSSR count). The quantitative estimate of drug-likeness (QED) is 0.675. The van der Waals surface area contributed by atoms with Crippen LogP contribution >= 0.6 is 0 Å². The van der Waals surface area contributed by atoms with E-state index in [1.165, 1.54) is 11.8 Å². The van der Waals surface area contributed by atoms with E-state index in [0.29, 0.717) is 17.2 Å². The molecule has 0 aliphatic carbocycles. The first-order valence-corrected chi connectivity index (χ1v) is 9.00. The van der Waals surface area contributed by atoms with Crippen molar-refractivity contribution in [3.05, 3.63) is 84.4 Å². The average molecular weight is 374 g/mol. The molecule has 28 heavy (non-hydrogen) atoms. The molecule has 0 bridgehead atoms. The standard InChI is InChI=1S/C23H22N2O3/c1-17-10-6-8-14-21(17)25(18(2)26)16-23(27)24-20-13-7-9-15-22(20)28-19-11-4-3-5-12-19/h3-15H,16H2,1-2H3,(H,24,27). The molecule has 0 radical (unpaired) electrons. The first-order chi connectivity index (χ1) is 13.5. The highest BCUT2D eigenvalue weighted by Crippen LogP contribution is 2.29. The third-order valence-electron chi connectivity index (χ3n) is 4.22. The molecule has 0 saturated heterocycles. The molecule has 0 unspecified atom stereocenters. The van der Waals surface area contributed by atoms with Crippen LogP contribution in [-0.4, -0.2) is 18.4 Å². The van der Waals surface area contributed by atoms with Crippen molar-refractivity contribution in [1.82, 2.24) is 0 Å². The van der Waals surface area contributed by atoms with Crippen molar-refractivity contribution in [3.8, 4) is 11.5 Å². The minimum absolute atomic E-state index is 0.0835. The number of para-hydroxylation sites is 4. The van der Waals surface area contributed by atoms with Crippen LogP contribution in [0.2, 0.25) is 0 Å². The highest BCUT2D eigenvalue weighted by Gasteiger charge is 2.18. The summed E-state index contributed by atoms with van der Waals surface area (Å²) in [7, 11) is 0. The summed E-state index contributed by atoms with van der Waals surface area (Å²) in [5.74, 6) is 0.711. The van der Waals surface area contributed by atoms with Gasteiger partial charge in [-0.1, -0.05) is 48.5 Å². The molecule has 3 aromatic rings. The number of carbonyl (C=O) groups is 2. The van der Waals surface area contributed by atoms with Crippen molar-refractivity contribution in [2.24, 2.45) is 0 Å². The minimum Gasteiger partial charge on any atom is -0.455 e. The van der Waals surface area contributed by atoms with Crippen molar-refractivity contribution in [1.29, 1.82) is 0 Å². The Kier molecular flexibility index (Phi) is 6.07. The van der Waals surface area contributed by atoms with Crippen molar-refractivity contribution in [2.45, 2.75) is 13.8 Å². The Morgan fingerprint density at radius 2 is 1.54 bits per heavy atom. The Morgan fingerprint density at radius 1 is 0.893 bits per heavy atom. The molecule has 0 atom stereocenters. The smallest absolute Gasteiger partial charge is 0.244 e. The third kappa shape index (κ3) is 4.76. The highest BCUT2D eigenvalue weighted by atomic mass is 16.5. The van der Waals surface area contributed by atoms with Gasteiger partial charge in [-0.25, -0.2) is 0 Å². The maximum atomic E-state index is 12.7. The molecule has 2 amide bonds. The Labute approximate surface area is 164 Å². The van der Waals surface area contributed by atoms with E-state index in [1.807, 2.05) is 73.7 Å². The van der Waals surface area contributed by atoms with Crippen LogP contribution < -0.4 is 15.0 Å². The predicted molar refractivity (Wildman–Crippen MR) is 111 cm³/mol. The number of ether oxygens (including phenoxy) is 1. The number of benzene rings is 3. The summed E-state index contributed by atoms with van der Waals surface area (Å²) >= 11 is 0. The Bertz CT molecular complexity index is 970. The largest absolute Gasteiger partial charge is 0.455 e. The summed E-state index contributed by atoms with van der Waals surface area (Å²) in [6.07, 6.45) is 0. The summed E-state index contributed by atoms with van der Waals surface area (Å²) in [5.41, 5.74) is 2.20. The predicted octanol–water partition coefficient (Wildman–Crippen LogP) is 4.78. The SMILES string of the molecule is CC(=O)N(CC(=O)Nc1ccccc1Oc1ccccc1)c1ccccc1C. The molecule has 1 N–H and O–H groups in total. The second-order valence-electron chi connectivity index (χ2n) is 6.35. The zero-order chi connectivity index (χ0) is 19.9. The molecule has 0 heterocycles. The van der Waals surface area contributed by atoms with Gasteiger partial charge in [0.2, 0.25) is 11.8 Å². The average Bonchev–Trinajstić information content (AvgIpc) is 2.69. The molecule has 0 fully saturated rings. The van der Waals surface area contributed by atoms with Gasteiger partial charge in [0.05, 0.1) is 5.69 Å². The van der Waals surface area contributed by atoms with Gasteiger partial charge < -0.3 is 15.0 Å². The molecule has 5 heteroatoms. The van der Waals surface area contributed by atoms with Crippen LogP contribution in [0.25, 0.3) is 0 Å². The minimum atomic E-state index is -0.303. The van der Waals surface area contributed by atoms with Crippen LogP contribution in [-0.2, 0) is 9.59 Å². The summed E-state index contributed by atoms with van der Waals surface area (Å²) in [5, 5.41) is 2.85. The summed E-state index contributed by atoms with van der Waals surface area (Å²) in [6.45, 7) is 3.28. The van der Waals surface area contributed by atoms with E-state index >= 15 is 0 Å². The van der Waals surface area contributed by atoms with Gasteiger partial charge >= 0.3 is 0 Å². The van der Waals surface area contributed by atoms with E-state index in [-0.39, 0.29) is 18.4 Å². The van der Waals surface area contributed by atoms with Gasteiger partial charge in [0.15, 0.2) is 5.75 Å². The molecule has 0 saturated carbocycles. The third-order valence-corrected chi connectivity index (χ3v) is 4.22. The van der Waals surface area contributed by atoms with Gasteiger partial charge in [-0.05, 0) is 42.8 Å². The maximum absolute atomic E-state index is 12.7. The van der Waals surface area contributed by atoms with Crippen LogP contribution in [0.4, 0.5) is 11.4 Å². The summed E-state index contributed by atoms with van der Waals surface area (Å²) < 4.78 is 5.87. The number of nitrogens with one attached hydrogen (secondary N) is 1. The van der Waals surface area contributed by atoms with E-state index < -0.39 is 0 Å². The zero-order valence-electron chi connectivity index (χ0n) is 15.9.